The van der Waals surface area contributed by atoms with Crippen molar-refractivity contribution < 1.29 is 18.6 Å². The fourth-order valence-electron chi connectivity index (χ4n) is 1.99. The molecule has 0 atom stereocenters. The number of nitriles is 1. The number of hydrogen-bond donors (Lipinski definition) is 1. The second-order valence-corrected chi connectivity index (χ2v) is 4.71. The summed E-state index contributed by atoms with van der Waals surface area (Å²) in [5, 5.41) is 12.1. The van der Waals surface area contributed by atoms with Crippen LogP contribution >= 0.6 is 0 Å². The summed E-state index contributed by atoms with van der Waals surface area (Å²) < 4.78 is 20.9. The summed E-state index contributed by atoms with van der Waals surface area (Å²) in [4.78, 5) is 4.12. The Morgan fingerprint density at radius 2 is 2.00 bits per heavy atom. The molecule has 0 aliphatic rings. The van der Waals surface area contributed by atoms with Crippen molar-refractivity contribution in [3.05, 3.63) is 35.3 Å². The first kappa shape index (κ1) is 17.4. The molecule has 126 valence electrons. The minimum atomic E-state index is 0.207. The van der Waals surface area contributed by atoms with Gasteiger partial charge in [0.2, 0.25) is 17.5 Å². The number of oxazole rings is 1. The molecular formula is C17H19N3O4. The van der Waals surface area contributed by atoms with Crippen LogP contribution in [0.5, 0.6) is 11.5 Å². The van der Waals surface area contributed by atoms with Crippen molar-refractivity contribution in [2.75, 3.05) is 39.8 Å². The average molecular weight is 329 g/mol. The molecule has 0 fully saturated rings. The zero-order valence-electron chi connectivity index (χ0n) is 13.8. The molecule has 0 saturated heterocycles. The van der Waals surface area contributed by atoms with Gasteiger partial charge in [-0.3, -0.25) is 0 Å². The van der Waals surface area contributed by atoms with Crippen LogP contribution in [-0.2, 0) is 4.74 Å². The van der Waals surface area contributed by atoms with Crippen LogP contribution in [0.4, 0.5) is 5.88 Å². The number of rotatable bonds is 8. The molecule has 0 aliphatic heterocycles. The Kier molecular flexibility index (Phi) is 6.23. The first-order chi connectivity index (χ1) is 11.7. The Hall–Kier alpha value is -2.98. The first-order valence-electron chi connectivity index (χ1n) is 7.25. The van der Waals surface area contributed by atoms with E-state index < -0.39 is 0 Å². The van der Waals surface area contributed by atoms with Crippen molar-refractivity contribution in [1.29, 1.82) is 5.26 Å². The van der Waals surface area contributed by atoms with E-state index in [9.17, 15) is 0 Å². The van der Waals surface area contributed by atoms with Crippen LogP contribution in [0.15, 0.2) is 22.6 Å². The molecule has 0 unspecified atom stereocenters. The van der Waals surface area contributed by atoms with Crippen molar-refractivity contribution in [3.63, 3.8) is 0 Å². The predicted molar refractivity (Wildman–Crippen MR) is 90.1 cm³/mol. The second-order valence-electron chi connectivity index (χ2n) is 4.71. The maximum Gasteiger partial charge on any atom is 0.232 e. The second kappa shape index (κ2) is 8.60. The van der Waals surface area contributed by atoms with Crippen LogP contribution in [0.25, 0.3) is 12.2 Å². The van der Waals surface area contributed by atoms with Gasteiger partial charge in [0.15, 0.2) is 11.5 Å². The molecule has 0 amide bonds. The molecule has 0 spiro atoms. The fourth-order valence-corrected chi connectivity index (χ4v) is 1.99. The number of ether oxygens (including phenoxy) is 3. The normalized spacial score (nSPS) is 10.6. The van der Waals surface area contributed by atoms with Gasteiger partial charge in [-0.15, -0.1) is 0 Å². The van der Waals surface area contributed by atoms with E-state index in [0.29, 0.717) is 36.4 Å². The Bertz CT molecular complexity index is 747. The molecule has 0 radical (unpaired) electrons. The molecule has 1 heterocycles. The molecule has 1 N–H and O–H groups in total. The van der Waals surface area contributed by atoms with Crippen LogP contribution in [0.3, 0.4) is 0 Å². The number of hydrogen-bond acceptors (Lipinski definition) is 7. The number of nitrogens with zero attached hydrogens (tertiary/aromatic N) is 2. The Balaban J connectivity index is 2.15. The minimum absolute atomic E-state index is 0.207. The molecule has 0 bridgehead atoms. The predicted octanol–water partition coefficient (Wildman–Crippen LogP) is 2.79. The maximum atomic E-state index is 9.10. The Morgan fingerprint density at radius 1 is 1.21 bits per heavy atom. The lowest BCUT2D eigenvalue weighted by Gasteiger charge is -2.07. The van der Waals surface area contributed by atoms with Crippen LogP contribution in [0.1, 0.15) is 17.1 Å². The number of nitrogens with one attached hydrogen (secondary N) is 1. The molecule has 7 nitrogen and oxygen atoms in total. The highest BCUT2D eigenvalue weighted by molar-refractivity contribution is 5.68. The molecule has 2 rings (SSSR count). The average Bonchev–Trinajstić information content (AvgIpc) is 3.02. The summed E-state index contributed by atoms with van der Waals surface area (Å²) in [6.07, 6.45) is 3.50. The van der Waals surface area contributed by atoms with Crippen LogP contribution < -0.4 is 14.8 Å². The van der Waals surface area contributed by atoms with Gasteiger partial charge in [-0.05, 0) is 23.8 Å². The molecule has 7 heteroatoms. The monoisotopic (exact) mass is 329 g/mol. The number of anilines is 1. The lowest BCUT2D eigenvalue weighted by atomic mass is 10.2. The van der Waals surface area contributed by atoms with Crippen LogP contribution in [0, 0.1) is 11.3 Å². The molecular weight excluding hydrogens is 310 g/mol. The third-order valence-electron chi connectivity index (χ3n) is 3.17. The molecule has 1 aromatic heterocycles. The highest BCUT2D eigenvalue weighted by Gasteiger charge is 2.10. The SMILES string of the molecule is COCCNc1oc(/C=C/c2ccc(OC)c(OC)c2)nc1C#N. The molecule has 0 saturated carbocycles. The largest absolute Gasteiger partial charge is 0.493 e. The van der Waals surface area contributed by atoms with Crippen molar-refractivity contribution in [3.8, 4) is 17.6 Å². The number of methoxy groups -OCH3 is 3. The smallest absolute Gasteiger partial charge is 0.232 e. The topological polar surface area (TPSA) is 89.5 Å². The quantitative estimate of drug-likeness (QED) is 0.745. The lowest BCUT2D eigenvalue weighted by molar-refractivity contribution is 0.210. The van der Waals surface area contributed by atoms with Gasteiger partial charge in [-0.25, -0.2) is 0 Å². The molecule has 1 aromatic carbocycles. The summed E-state index contributed by atoms with van der Waals surface area (Å²) in [5.41, 5.74) is 1.09. The van der Waals surface area contributed by atoms with Gasteiger partial charge in [0, 0.05) is 19.7 Å². The van der Waals surface area contributed by atoms with E-state index in [1.807, 2.05) is 30.3 Å². The zero-order chi connectivity index (χ0) is 17.4. The number of aromatic nitrogens is 1. The van der Waals surface area contributed by atoms with Gasteiger partial charge >= 0.3 is 0 Å². The van der Waals surface area contributed by atoms with E-state index >= 15 is 0 Å². The van der Waals surface area contributed by atoms with Gasteiger partial charge in [-0.2, -0.15) is 10.2 Å². The van der Waals surface area contributed by atoms with E-state index in [-0.39, 0.29) is 5.69 Å². The van der Waals surface area contributed by atoms with E-state index in [1.54, 1.807) is 27.4 Å². The van der Waals surface area contributed by atoms with Crippen molar-refractivity contribution in [1.82, 2.24) is 4.98 Å². The van der Waals surface area contributed by atoms with E-state index in [4.69, 9.17) is 23.9 Å². The Labute approximate surface area is 140 Å². The van der Waals surface area contributed by atoms with E-state index in [2.05, 4.69) is 10.3 Å². The summed E-state index contributed by atoms with van der Waals surface area (Å²) in [6, 6.07) is 7.52. The van der Waals surface area contributed by atoms with Crippen molar-refractivity contribution in [2.45, 2.75) is 0 Å². The summed E-state index contributed by atoms with van der Waals surface area (Å²) in [7, 11) is 4.77. The minimum Gasteiger partial charge on any atom is -0.493 e. The standard InChI is InChI=1S/C17H19N3O4/c1-21-9-8-19-17-13(11-18)20-16(24-17)7-5-12-4-6-14(22-2)15(10-12)23-3/h4-7,10,19H,8-9H2,1-3H3/b7-5+. The van der Waals surface area contributed by atoms with Crippen molar-refractivity contribution >= 4 is 18.0 Å². The van der Waals surface area contributed by atoms with Gasteiger partial charge in [0.25, 0.3) is 0 Å². The van der Waals surface area contributed by atoms with Crippen LogP contribution in [0.2, 0.25) is 0 Å². The maximum absolute atomic E-state index is 9.10. The van der Waals surface area contributed by atoms with Gasteiger partial charge in [0.05, 0.1) is 20.8 Å². The van der Waals surface area contributed by atoms with Gasteiger partial charge in [-0.1, -0.05) is 6.07 Å². The number of benzene rings is 1. The van der Waals surface area contributed by atoms with Gasteiger partial charge in [0.1, 0.15) is 6.07 Å². The third-order valence-corrected chi connectivity index (χ3v) is 3.17. The molecule has 24 heavy (non-hydrogen) atoms. The van der Waals surface area contributed by atoms with E-state index in [0.717, 1.165) is 5.56 Å². The lowest BCUT2D eigenvalue weighted by Crippen LogP contribution is -2.07. The fraction of sp³-hybridized carbons (Fsp3) is 0.294. The molecule has 2 aromatic rings. The zero-order valence-corrected chi connectivity index (χ0v) is 13.8. The summed E-state index contributed by atoms with van der Waals surface area (Å²) >= 11 is 0. The summed E-state index contributed by atoms with van der Waals surface area (Å²) in [6.45, 7) is 1.03. The highest BCUT2D eigenvalue weighted by atomic mass is 16.5. The summed E-state index contributed by atoms with van der Waals surface area (Å²) in [5.74, 6) is 1.96. The van der Waals surface area contributed by atoms with Crippen LogP contribution in [-0.4, -0.2) is 39.5 Å². The first-order valence-corrected chi connectivity index (χ1v) is 7.25. The third kappa shape index (κ3) is 4.27. The van der Waals surface area contributed by atoms with Crippen molar-refractivity contribution in [2.24, 2.45) is 0 Å². The highest BCUT2D eigenvalue weighted by Crippen LogP contribution is 2.28. The molecule has 0 aliphatic carbocycles. The van der Waals surface area contributed by atoms with E-state index in [1.165, 1.54) is 0 Å². The van der Waals surface area contributed by atoms with Gasteiger partial charge < -0.3 is 23.9 Å². The Morgan fingerprint density at radius 3 is 2.67 bits per heavy atom.